The maximum absolute atomic E-state index is 13.1. The van der Waals surface area contributed by atoms with Crippen molar-refractivity contribution in [1.29, 1.82) is 0 Å². The number of nitrogens with one attached hydrogen (secondary N) is 2. The lowest BCUT2D eigenvalue weighted by Gasteiger charge is -2.43. The predicted octanol–water partition coefficient (Wildman–Crippen LogP) is 3.00. The molecule has 6 nitrogen and oxygen atoms in total. The maximum Gasteiger partial charge on any atom is 0.325 e. The lowest BCUT2D eigenvalue weighted by molar-refractivity contribution is -0.137. The monoisotopic (exact) mass is 371 g/mol. The van der Waals surface area contributed by atoms with Crippen LogP contribution in [0.4, 0.5) is 4.79 Å². The third kappa shape index (κ3) is 3.99. The molecule has 6 heteroatoms. The van der Waals surface area contributed by atoms with Gasteiger partial charge in [-0.1, -0.05) is 51.1 Å². The maximum atomic E-state index is 13.1. The Hall–Kier alpha value is -2.37. The van der Waals surface area contributed by atoms with E-state index < -0.39 is 11.6 Å². The van der Waals surface area contributed by atoms with Crippen LogP contribution in [0.1, 0.15) is 58.6 Å². The van der Waals surface area contributed by atoms with Gasteiger partial charge < -0.3 is 10.6 Å². The number of rotatable bonds is 4. The summed E-state index contributed by atoms with van der Waals surface area (Å²) >= 11 is 0. The second kappa shape index (κ2) is 6.98. The molecule has 27 heavy (non-hydrogen) atoms. The van der Waals surface area contributed by atoms with E-state index in [1.807, 2.05) is 37.3 Å². The van der Waals surface area contributed by atoms with E-state index in [4.69, 9.17) is 0 Å². The van der Waals surface area contributed by atoms with E-state index in [0.717, 1.165) is 16.9 Å². The van der Waals surface area contributed by atoms with E-state index in [2.05, 4.69) is 31.4 Å². The van der Waals surface area contributed by atoms with Gasteiger partial charge in [-0.15, -0.1) is 0 Å². The SMILES string of the molecule is CC1CC(C)(C)CC2(C1)NC(=O)N(CC(=O)NC(C)c1ccccc1)C2=O. The van der Waals surface area contributed by atoms with Crippen molar-refractivity contribution in [2.45, 2.75) is 58.5 Å². The molecule has 1 heterocycles. The lowest BCUT2D eigenvalue weighted by atomic mass is 9.64. The molecular weight excluding hydrogens is 342 g/mol. The number of urea groups is 1. The standard InChI is InChI=1S/C21H29N3O3/c1-14-10-20(3,4)13-21(11-14)18(26)24(19(27)23-21)12-17(25)22-15(2)16-8-6-5-7-9-16/h5-9,14-15H,10-13H2,1-4H3,(H,22,25)(H,23,27). The van der Waals surface area contributed by atoms with Crippen LogP contribution in [0.3, 0.4) is 0 Å². The third-order valence-corrected chi connectivity index (χ3v) is 5.60. The van der Waals surface area contributed by atoms with E-state index in [9.17, 15) is 14.4 Å². The zero-order valence-corrected chi connectivity index (χ0v) is 16.5. The molecular formula is C21H29N3O3. The minimum Gasteiger partial charge on any atom is -0.348 e. The second-order valence-electron chi connectivity index (χ2n) is 8.96. The first kappa shape index (κ1) is 19.4. The first-order chi connectivity index (χ1) is 12.6. The molecule has 1 aliphatic carbocycles. The number of carbonyl (C=O) groups is 3. The molecule has 3 unspecified atom stereocenters. The highest BCUT2D eigenvalue weighted by molar-refractivity contribution is 6.09. The summed E-state index contributed by atoms with van der Waals surface area (Å²) in [6.45, 7) is 7.99. The molecule has 2 N–H and O–H groups in total. The molecule has 0 bridgehead atoms. The minimum atomic E-state index is -0.871. The fourth-order valence-corrected chi connectivity index (χ4v) is 4.91. The van der Waals surface area contributed by atoms with Crippen molar-refractivity contribution in [1.82, 2.24) is 15.5 Å². The van der Waals surface area contributed by atoms with Crippen molar-refractivity contribution < 1.29 is 14.4 Å². The van der Waals surface area contributed by atoms with Crippen LogP contribution >= 0.6 is 0 Å². The predicted molar refractivity (Wildman–Crippen MR) is 103 cm³/mol. The topological polar surface area (TPSA) is 78.5 Å². The molecule has 1 saturated carbocycles. The van der Waals surface area contributed by atoms with E-state index in [-0.39, 0.29) is 29.8 Å². The van der Waals surface area contributed by atoms with Gasteiger partial charge >= 0.3 is 6.03 Å². The second-order valence-corrected chi connectivity index (χ2v) is 8.96. The van der Waals surface area contributed by atoms with Gasteiger partial charge in [0.25, 0.3) is 5.91 Å². The highest BCUT2D eigenvalue weighted by Crippen LogP contribution is 2.46. The molecule has 2 aliphatic rings. The third-order valence-electron chi connectivity index (χ3n) is 5.60. The lowest BCUT2D eigenvalue weighted by Crippen LogP contribution is -2.54. The van der Waals surface area contributed by atoms with Gasteiger partial charge in [0.15, 0.2) is 0 Å². The molecule has 146 valence electrons. The Balaban J connectivity index is 1.68. The normalized spacial score (nSPS) is 28.1. The highest BCUT2D eigenvalue weighted by atomic mass is 16.2. The smallest absolute Gasteiger partial charge is 0.325 e. The molecule has 1 aromatic rings. The number of hydrogen-bond acceptors (Lipinski definition) is 3. The average Bonchev–Trinajstić information content (AvgIpc) is 2.77. The highest BCUT2D eigenvalue weighted by Gasteiger charge is 2.56. The summed E-state index contributed by atoms with van der Waals surface area (Å²) in [4.78, 5) is 39.1. The summed E-state index contributed by atoms with van der Waals surface area (Å²) in [5.74, 6) is -0.269. The van der Waals surface area contributed by atoms with Crippen molar-refractivity contribution >= 4 is 17.8 Å². The quantitative estimate of drug-likeness (QED) is 0.799. The van der Waals surface area contributed by atoms with Gasteiger partial charge in [-0.3, -0.25) is 14.5 Å². The van der Waals surface area contributed by atoms with Crippen molar-refractivity contribution in [2.24, 2.45) is 11.3 Å². The Kier molecular flexibility index (Phi) is 5.02. The van der Waals surface area contributed by atoms with Crippen LogP contribution < -0.4 is 10.6 Å². The molecule has 1 spiro atoms. The van der Waals surface area contributed by atoms with Crippen molar-refractivity contribution in [3.8, 4) is 0 Å². The van der Waals surface area contributed by atoms with Gasteiger partial charge in [-0.25, -0.2) is 4.79 Å². The van der Waals surface area contributed by atoms with Crippen LogP contribution in [0.25, 0.3) is 0 Å². The molecule has 4 amide bonds. The Morgan fingerprint density at radius 1 is 1.26 bits per heavy atom. The fraction of sp³-hybridized carbons (Fsp3) is 0.571. The Morgan fingerprint density at radius 3 is 2.56 bits per heavy atom. The summed E-state index contributed by atoms with van der Waals surface area (Å²) in [6, 6.07) is 8.93. The molecule has 2 fully saturated rings. The molecule has 1 saturated heterocycles. The first-order valence-electron chi connectivity index (χ1n) is 9.60. The number of benzene rings is 1. The molecule has 1 aliphatic heterocycles. The van der Waals surface area contributed by atoms with Crippen LogP contribution in [-0.2, 0) is 9.59 Å². The molecule has 3 atom stereocenters. The summed E-state index contributed by atoms with van der Waals surface area (Å²) < 4.78 is 0. The summed E-state index contributed by atoms with van der Waals surface area (Å²) in [6.07, 6.45) is 2.25. The largest absolute Gasteiger partial charge is 0.348 e. The zero-order valence-electron chi connectivity index (χ0n) is 16.5. The van der Waals surface area contributed by atoms with E-state index in [0.29, 0.717) is 18.8 Å². The number of hydrogen-bond donors (Lipinski definition) is 2. The Morgan fingerprint density at radius 2 is 1.93 bits per heavy atom. The summed E-state index contributed by atoms with van der Waals surface area (Å²) in [7, 11) is 0. The van der Waals surface area contributed by atoms with Crippen molar-refractivity contribution in [3.63, 3.8) is 0 Å². The number of amides is 4. The molecule has 3 rings (SSSR count). The first-order valence-corrected chi connectivity index (χ1v) is 9.60. The zero-order chi connectivity index (χ0) is 19.8. The Bertz CT molecular complexity index is 746. The van der Waals surface area contributed by atoms with Gasteiger partial charge in [0.2, 0.25) is 5.91 Å². The van der Waals surface area contributed by atoms with Crippen LogP contribution in [0.15, 0.2) is 30.3 Å². The minimum absolute atomic E-state index is 0.0271. The van der Waals surface area contributed by atoms with Gasteiger partial charge in [0.1, 0.15) is 12.1 Å². The van der Waals surface area contributed by atoms with Crippen molar-refractivity contribution in [2.75, 3.05) is 6.54 Å². The number of imide groups is 1. The van der Waals surface area contributed by atoms with Crippen LogP contribution in [0.2, 0.25) is 0 Å². The molecule has 1 aromatic carbocycles. The van der Waals surface area contributed by atoms with Crippen LogP contribution in [0.5, 0.6) is 0 Å². The summed E-state index contributed by atoms with van der Waals surface area (Å²) in [5, 5.41) is 5.77. The van der Waals surface area contributed by atoms with Crippen LogP contribution in [0, 0.1) is 11.3 Å². The van der Waals surface area contributed by atoms with Crippen molar-refractivity contribution in [3.05, 3.63) is 35.9 Å². The van der Waals surface area contributed by atoms with Gasteiger partial charge in [0.05, 0.1) is 6.04 Å². The van der Waals surface area contributed by atoms with Gasteiger partial charge in [-0.05, 0) is 43.1 Å². The fourth-order valence-electron chi connectivity index (χ4n) is 4.91. The number of carbonyl (C=O) groups excluding carboxylic acids is 3. The van der Waals surface area contributed by atoms with E-state index in [1.54, 1.807) is 0 Å². The van der Waals surface area contributed by atoms with Gasteiger partial charge in [-0.2, -0.15) is 0 Å². The van der Waals surface area contributed by atoms with E-state index >= 15 is 0 Å². The Labute approximate surface area is 160 Å². The summed E-state index contributed by atoms with van der Waals surface area (Å²) in [5.41, 5.74) is 0.0759. The number of nitrogens with zero attached hydrogens (tertiary/aromatic N) is 1. The molecule has 0 radical (unpaired) electrons. The average molecular weight is 371 g/mol. The van der Waals surface area contributed by atoms with E-state index in [1.165, 1.54) is 0 Å². The van der Waals surface area contributed by atoms with Gasteiger partial charge in [0, 0.05) is 0 Å². The van der Waals surface area contributed by atoms with Crippen LogP contribution in [-0.4, -0.2) is 34.8 Å². The molecule has 0 aromatic heterocycles.